The molecule has 1 aliphatic heterocycles. The minimum atomic E-state index is -2.96. The van der Waals surface area contributed by atoms with E-state index in [1.54, 1.807) is 11.9 Å². The van der Waals surface area contributed by atoms with Gasteiger partial charge >= 0.3 is 0 Å². The number of likely N-dealkylation sites (N-methyl/N-ethyl adjacent to an activating group) is 2. The van der Waals surface area contributed by atoms with Gasteiger partial charge in [-0.05, 0) is 18.5 Å². The number of sulfone groups is 1. The summed E-state index contributed by atoms with van der Waals surface area (Å²) >= 11 is 0. The molecule has 1 unspecified atom stereocenters. The van der Waals surface area contributed by atoms with Crippen LogP contribution in [0.15, 0.2) is 30.3 Å². The second-order valence-electron chi connectivity index (χ2n) is 5.85. The van der Waals surface area contributed by atoms with Gasteiger partial charge in [-0.1, -0.05) is 37.3 Å². The fraction of sp³-hybridized carbons (Fsp3) is 0.562. The minimum Gasteiger partial charge on any atom is -0.341 e. The van der Waals surface area contributed by atoms with Gasteiger partial charge in [0, 0.05) is 19.6 Å². The molecule has 0 aliphatic carbocycles. The average molecular weight is 324 g/mol. The Morgan fingerprint density at radius 3 is 2.50 bits per heavy atom. The Bertz CT molecular complexity index is 601. The summed E-state index contributed by atoms with van der Waals surface area (Å²) < 4.78 is 23.1. The van der Waals surface area contributed by atoms with Gasteiger partial charge in [-0.15, -0.1) is 0 Å². The van der Waals surface area contributed by atoms with Crippen LogP contribution in [0, 0.1) is 0 Å². The van der Waals surface area contributed by atoms with Crippen molar-refractivity contribution in [3.05, 3.63) is 35.9 Å². The number of benzene rings is 1. The number of hydrogen-bond acceptors (Lipinski definition) is 4. The van der Waals surface area contributed by atoms with Gasteiger partial charge in [-0.2, -0.15) is 0 Å². The summed E-state index contributed by atoms with van der Waals surface area (Å²) in [5.41, 5.74) is 1.17. The molecule has 6 heteroatoms. The molecule has 1 aliphatic rings. The van der Waals surface area contributed by atoms with E-state index in [0.717, 1.165) is 13.1 Å². The molecular weight excluding hydrogens is 300 g/mol. The molecule has 1 aromatic rings. The second-order valence-corrected chi connectivity index (χ2v) is 8.08. The molecule has 0 N–H and O–H groups in total. The van der Waals surface area contributed by atoms with Crippen LogP contribution in [-0.2, 0) is 21.2 Å². The first-order valence-corrected chi connectivity index (χ1v) is 9.46. The Hall–Kier alpha value is -1.40. The van der Waals surface area contributed by atoms with Crippen LogP contribution in [0.25, 0.3) is 0 Å². The van der Waals surface area contributed by atoms with Gasteiger partial charge in [0.15, 0.2) is 9.84 Å². The lowest BCUT2D eigenvalue weighted by atomic mass is 10.2. The van der Waals surface area contributed by atoms with Crippen LogP contribution in [0.3, 0.4) is 0 Å². The summed E-state index contributed by atoms with van der Waals surface area (Å²) in [5, 5.41) is 0. The highest BCUT2D eigenvalue weighted by Gasteiger charge is 2.32. The lowest BCUT2D eigenvalue weighted by Gasteiger charge is -2.27. The average Bonchev–Trinajstić information content (AvgIpc) is 2.86. The van der Waals surface area contributed by atoms with Crippen molar-refractivity contribution in [2.24, 2.45) is 0 Å². The lowest BCUT2D eigenvalue weighted by Crippen LogP contribution is -2.43. The van der Waals surface area contributed by atoms with Crippen LogP contribution in [0.1, 0.15) is 18.9 Å². The third kappa shape index (κ3) is 4.55. The standard InChI is InChI=1S/C16H24N2O3S/c1-3-18(11-14-7-5-4-6-8-14)12-16(19)17(2)15-9-10-22(20,21)13-15/h4-8,15H,3,9-13H2,1-2H3. The SMILES string of the molecule is CCN(CC(=O)N(C)C1CCS(=O)(=O)C1)Cc1ccccc1. The molecule has 122 valence electrons. The van der Waals surface area contributed by atoms with Crippen molar-refractivity contribution < 1.29 is 13.2 Å². The van der Waals surface area contributed by atoms with Gasteiger partial charge in [-0.25, -0.2) is 8.42 Å². The number of rotatable bonds is 6. The van der Waals surface area contributed by atoms with E-state index in [2.05, 4.69) is 4.90 Å². The Morgan fingerprint density at radius 1 is 1.27 bits per heavy atom. The van der Waals surface area contributed by atoms with Crippen molar-refractivity contribution >= 4 is 15.7 Å². The number of carbonyl (C=O) groups is 1. The van der Waals surface area contributed by atoms with E-state index in [9.17, 15) is 13.2 Å². The molecule has 1 aromatic carbocycles. The van der Waals surface area contributed by atoms with E-state index in [0.29, 0.717) is 13.0 Å². The number of amides is 1. The van der Waals surface area contributed by atoms with Crippen molar-refractivity contribution in [1.29, 1.82) is 0 Å². The van der Waals surface area contributed by atoms with E-state index < -0.39 is 9.84 Å². The Kier molecular flexibility index (Phi) is 5.58. The fourth-order valence-electron chi connectivity index (χ4n) is 2.71. The smallest absolute Gasteiger partial charge is 0.236 e. The molecule has 0 aromatic heterocycles. The second kappa shape index (κ2) is 7.24. The molecular formula is C16H24N2O3S. The van der Waals surface area contributed by atoms with Crippen molar-refractivity contribution in [2.45, 2.75) is 25.9 Å². The van der Waals surface area contributed by atoms with Crippen molar-refractivity contribution in [3.63, 3.8) is 0 Å². The molecule has 0 saturated carbocycles. The van der Waals surface area contributed by atoms with Gasteiger partial charge in [0.05, 0.1) is 18.1 Å². The lowest BCUT2D eigenvalue weighted by molar-refractivity contribution is -0.132. The summed E-state index contributed by atoms with van der Waals surface area (Å²) in [6, 6.07) is 9.86. The Balaban J connectivity index is 1.91. The van der Waals surface area contributed by atoms with Gasteiger partial charge < -0.3 is 4.90 Å². The maximum atomic E-state index is 12.4. The highest BCUT2D eigenvalue weighted by Crippen LogP contribution is 2.17. The number of nitrogens with zero attached hydrogens (tertiary/aromatic N) is 2. The van der Waals surface area contributed by atoms with E-state index >= 15 is 0 Å². The molecule has 2 rings (SSSR count). The zero-order chi connectivity index (χ0) is 16.2. The molecule has 0 radical (unpaired) electrons. The number of carbonyl (C=O) groups excluding carboxylic acids is 1. The van der Waals surface area contributed by atoms with Crippen molar-refractivity contribution in [1.82, 2.24) is 9.80 Å². The number of hydrogen-bond donors (Lipinski definition) is 0. The van der Waals surface area contributed by atoms with Crippen LogP contribution in [0.2, 0.25) is 0 Å². The van der Waals surface area contributed by atoms with E-state index in [-0.39, 0.29) is 23.5 Å². The first-order valence-electron chi connectivity index (χ1n) is 7.63. The van der Waals surface area contributed by atoms with Crippen LogP contribution < -0.4 is 0 Å². The monoisotopic (exact) mass is 324 g/mol. The molecule has 22 heavy (non-hydrogen) atoms. The maximum Gasteiger partial charge on any atom is 0.236 e. The summed E-state index contributed by atoms with van der Waals surface area (Å²) in [5.74, 6) is 0.275. The summed E-state index contributed by atoms with van der Waals surface area (Å²) in [6.45, 7) is 3.84. The van der Waals surface area contributed by atoms with E-state index in [1.807, 2.05) is 37.3 Å². The zero-order valence-electron chi connectivity index (χ0n) is 13.2. The summed E-state index contributed by atoms with van der Waals surface area (Å²) in [4.78, 5) is 16.1. The van der Waals surface area contributed by atoms with E-state index in [4.69, 9.17) is 0 Å². The van der Waals surface area contributed by atoms with Crippen LogP contribution in [0.5, 0.6) is 0 Å². The highest BCUT2D eigenvalue weighted by molar-refractivity contribution is 7.91. The molecule has 1 amide bonds. The molecule has 1 saturated heterocycles. The summed E-state index contributed by atoms with van der Waals surface area (Å²) in [7, 11) is -1.25. The molecule has 0 bridgehead atoms. The Labute approximate surface area is 132 Å². The van der Waals surface area contributed by atoms with Crippen LogP contribution in [0.4, 0.5) is 0 Å². The molecule has 1 atom stereocenters. The van der Waals surface area contributed by atoms with Gasteiger partial charge in [0.2, 0.25) is 5.91 Å². The molecule has 1 heterocycles. The van der Waals surface area contributed by atoms with Crippen LogP contribution >= 0.6 is 0 Å². The zero-order valence-corrected chi connectivity index (χ0v) is 14.1. The molecule has 0 spiro atoms. The topological polar surface area (TPSA) is 57.7 Å². The van der Waals surface area contributed by atoms with Crippen LogP contribution in [-0.4, -0.2) is 61.8 Å². The fourth-order valence-corrected chi connectivity index (χ4v) is 4.48. The third-order valence-electron chi connectivity index (χ3n) is 4.20. The van der Waals surface area contributed by atoms with Crippen molar-refractivity contribution in [2.75, 3.05) is 31.6 Å². The van der Waals surface area contributed by atoms with E-state index in [1.165, 1.54) is 5.56 Å². The molecule has 1 fully saturated rings. The van der Waals surface area contributed by atoms with Gasteiger partial charge in [0.25, 0.3) is 0 Å². The predicted molar refractivity (Wildman–Crippen MR) is 87.2 cm³/mol. The van der Waals surface area contributed by atoms with Gasteiger partial charge in [-0.3, -0.25) is 9.69 Å². The maximum absolute atomic E-state index is 12.4. The highest BCUT2D eigenvalue weighted by atomic mass is 32.2. The quantitative estimate of drug-likeness (QED) is 0.788. The largest absolute Gasteiger partial charge is 0.341 e. The first kappa shape index (κ1) is 17.0. The minimum absolute atomic E-state index is 0.0140. The molecule has 5 nitrogen and oxygen atoms in total. The first-order chi connectivity index (χ1) is 10.4. The summed E-state index contributed by atoms with van der Waals surface area (Å²) in [6.07, 6.45) is 0.551. The third-order valence-corrected chi connectivity index (χ3v) is 5.95. The van der Waals surface area contributed by atoms with Gasteiger partial charge in [0.1, 0.15) is 0 Å². The van der Waals surface area contributed by atoms with Crippen molar-refractivity contribution in [3.8, 4) is 0 Å². The Morgan fingerprint density at radius 2 is 1.95 bits per heavy atom. The normalized spacial score (nSPS) is 20.2. The predicted octanol–water partition coefficient (Wildman–Crippen LogP) is 1.15.